The van der Waals surface area contributed by atoms with Crippen molar-refractivity contribution in [3.63, 3.8) is 0 Å². The first kappa shape index (κ1) is 15.0. The van der Waals surface area contributed by atoms with Gasteiger partial charge in [0.05, 0.1) is 0 Å². The van der Waals surface area contributed by atoms with Crippen molar-refractivity contribution >= 4 is 29.5 Å². The smallest absolute Gasteiger partial charge is 0.341 e. The van der Waals surface area contributed by atoms with Gasteiger partial charge in [0.2, 0.25) is 0 Å². The second-order valence-corrected chi connectivity index (χ2v) is 4.87. The number of hydrogen-bond acceptors (Lipinski definition) is 4. The maximum absolute atomic E-state index is 11.0. The zero-order valence-corrected chi connectivity index (χ0v) is 12.1. The fraction of sp³-hybridized carbons (Fsp3) is 0.133. The van der Waals surface area contributed by atoms with E-state index in [9.17, 15) is 4.79 Å². The molecule has 0 fully saturated rings. The number of aliphatic imine (C=N–C) groups is 1. The zero-order chi connectivity index (χ0) is 15.4. The van der Waals surface area contributed by atoms with E-state index in [4.69, 9.17) is 22.1 Å². The lowest BCUT2D eigenvalue weighted by molar-refractivity contribution is -0.132. The lowest BCUT2D eigenvalue weighted by Crippen LogP contribution is -2.24. The highest BCUT2D eigenvalue weighted by molar-refractivity contribution is 6.32. The van der Waals surface area contributed by atoms with Crippen LogP contribution in [-0.4, -0.2) is 23.0 Å². The van der Waals surface area contributed by atoms with Gasteiger partial charge in [-0.3, -0.25) is 0 Å². The third-order valence-electron chi connectivity index (χ3n) is 3.06. The predicted octanol–water partition coefficient (Wildman–Crippen LogP) is 2.69. The normalized spacial score (nSPS) is 17.0. The number of halogens is 1. The van der Waals surface area contributed by atoms with Crippen LogP contribution < -0.4 is 5.32 Å². The molecule has 1 aromatic carbocycles. The van der Waals surface area contributed by atoms with Crippen molar-refractivity contribution in [1.82, 2.24) is 5.32 Å². The zero-order valence-electron chi connectivity index (χ0n) is 11.4. The second-order valence-electron chi connectivity index (χ2n) is 4.49. The summed E-state index contributed by atoms with van der Waals surface area (Å²) in [5.74, 6) is -1.14. The number of nitrogens with zero attached hydrogens (tertiary/aromatic N) is 1. The lowest BCUT2D eigenvalue weighted by Gasteiger charge is -2.19. The molecule has 0 aliphatic carbocycles. The third-order valence-corrected chi connectivity index (χ3v) is 3.39. The summed E-state index contributed by atoms with van der Waals surface area (Å²) < 4.78 is 0. The van der Waals surface area contributed by atoms with Gasteiger partial charge in [-0.05, 0) is 12.5 Å². The molecule has 1 heterocycles. The quantitative estimate of drug-likeness (QED) is 0.454. The Morgan fingerprint density at radius 1 is 1.43 bits per heavy atom. The van der Waals surface area contributed by atoms with E-state index < -0.39 is 5.97 Å². The molecule has 5 nitrogen and oxygen atoms in total. The molecular formula is C15H14ClN3O2. The van der Waals surface area contributed by atoms with E-state index in [2.05, 4.69) is 10.3 Å². The van der Waals surface area contributed by atoms with E-state index >= 15 is 0 Å². The molecule has 0 radical (unpaired) electrons. The monoisotopic (exact) mass is 303 g/mol. The highest BCUT2D eigenvalue weighted by Gasteiger charge is 2.20. The number of allylic oxidation sites excluding steroid dienone is 1. The third kappa shape index (κ3) is 3.38. The Hall–Kier alpha value is -2.40. The van der Waals surface area contributed by atoms with Crippen molar-refractivity contribution in [2.75, 3.05) is 0 Å². The summed E-state index contributed by atoms with van der Waals surface area (Å²) in [4.78, 5) is 15.3. The second kappa shape index (κ2) is 6.37. The minimum Gasteiger partial charge on any atom is -0.477 e. The SMILES string of the molecule is CC1=N/C(=C(/C=N)C(=O)O)NC(Cl)=C1Cc1ccccc1. The fourth-order valence-electron chi connectivity index (χ4n) is 1.97. The average molecular weight is 304 g/mol. The molecule has 1 aromatic rings. The topological polar surface area (TPSA) is 85.5 Å². The van der Waals surface area contributed by atoms with Crippen LogP contribution in [0.5, 0.6) is 0 Å². The van der Waals surface area contributed by atoms with E-state index in [-0.39, 0.29) is 11.4 Å². The van der Waals surface area contributed by atoms with Crippen LogP contribution in [0.2, 0.25) is 0 Å². The number of benzene rings is 1. The van der Waals surface area contributed by atoms with E-state index in [1.165, 1.54) is 0 Å². The molecule has 0 spiro atoms. The van der Waals surface area contributed by atoms with Crippen LogP contribution in [0.4, 0.5) is 0 Å². The molecule has 108 valence electrons. The van der Waals surface area contributed by atoms with Crippen molar-refractivity contribution in [2.45, 2.75) is 13.3 Å². The summed E-state index contributed by atoms with van der Waals surface area (Å²) in [5.41, 5.74) is 2.30. The first-order valence-corrected chi connectivity index (χ1v) is 6.64. The average Bonchev–Trinajstić information content (AvgIpc) is 2.44. The van der Waals surface area contributed by atoms with Crippen molar-refractivity contribution in [3.05, 3.63) is 58.0 Å². The maximum Gasteiger partial charge on any atom is 0.341 e. The van der Waals surface area contributed by atoms with Crippen molar-refractivity contribution in [3.8, 4) is 0 Å². The molecule has 0 saturated carbocycles. The number of carboxylic acid groups (broad SMARTS) is 1. The predicted molar refractivity (Wildman–Crippen MR) is 82.7 cm³/mol. The van der Waals surface area contributed by atoms with Gasteiger partial charge in [-0.25, -0.2) is 9.79 Å². The van der Waals surface area contributed by atoms with Gasteiger partial charge in [0.25, 0.3) is 0 Å². The van der Waals surface area contributed by atoms with Crippen LogP contribution in [0, 0.1) is 5.41 Å². The van der Waals surface area contributed by atoms with Gasteiger partial charge in [0.15, 0.2) is 0 Å². The number of carbonyl (C=O) groups is 1. The molecule has 2 rings (SSSR count). The van der Waals surface area contributed by atoms with Gasteiger partial charge in [-0.2, -0.15) is 0 Å². The minimum atomic E-state index is -1.22. The highest BCUT2D eigenvalue weighted by Crippen LogP contribution is 2.22. The molecule has 6 heteroatoms. The van der Waals surface area contributed by atoms with Crippen LogP contribution in [-0.2, 0) is 11.2 Å². The molecule has 0 aromatic heterocycles. The lowest BCUT2D eigenvalue weighted by atomic mass is 10.0. The summed E-state index contributed by atoms with van der Waals surface area (Å²) in [6.07, 6.45) is 1.34. The Bertz CT molecular complexity index is 675. The van der Waals surface area contributed by atoms with Crippen molar-refractivity contribution in [2.24, 2.45) is 4.99 Å². The van der Waals surface area contributed by atoms with Crippen LogP contribution in [0.15, 0.2) is 57.4 Å². The number of aliphatic carboxylic acids is 1. The van der Waals surface area contributed by atoms with E-state index in [0.29, 0.717) is 17.3 Å². The van der Waals surface area contributed by atoms with Gasteiger partial charge >= 0.3 is 5.97 Å². The van der Waals surface area contributed by atoms with Crippen LogP contribution in [0.3, 0.4) is 0 Å². The molecule has 1 aliphatic heterocycles. The summed E-state index contributed by atoms with van der Waals surface area (Å²) in [7, 11) is 0. The highest BCUT2D eigenvalue weighted by atomic mass is 35.5. The van der Waals surface area contributed by atoms with Gasteiger partial charge in [0.1, 0.15) is 16.6 Å². The first-order valence-electron chi connectivity index (χ1n) is 6.26. The van der Waals surface area contributed by atoms with Gasteiger partial charge in [-0.1, -0.05) is 41.9 Å². The summed E-state index contributed by atoms with van der Waals surface area (Å²) >= 11 is 6.21. The molecule has 0 bridgehead atoms. The number of rotatable bonds is 4. The standard InChI is InChI=1S/C15H14ClN3O2/c1-9-11(7-10-5-3-2-4-6-10)13(16)19-14(18-9)12(8-17)15(20)21/h2-6,8,17,19H,7H2,1H3,(H,20,21)/b14-12+,17-8?. The Balaban J connectivity index is 2.34. The molecule has 0 unspecified atom stereocenters. The molecule has 21 heavy (non-hydrogen) atoms. The Kier molecular flexibility index (Phi) is 4.55. The molecule has 0 saturated heterocycles. The summed E-state index contributed by atoms with van der Waals surface area (Å²) in [6.45, 7) is 1.77. The first-order chi connectivity index (χ1) is 10.0. The molecule has 1 aliphatic rings. The molecule has 0 atom stereocenters. The van der Waals surface area contributed by atoms with Gasteiger partial charge in [0, 0.05) is 23.9 Å². The molecule has 3 N–H and O–H groups in total. The maximum atomic E-state index is 11.0. The van der Waals surface area contributed by atoms with E-state index in [1.54, 1.807) is 6.92 Å². The van der Waals surface area contributed by atoms with Gasteiger partial charge in [-0.15, -0.1) is 0 Å². The fourth-order valence-corrected chi connectivity index (χ4v) is 2.26. The summed E-state index contributed by atoms with van der Waals surface area (Å²) in [5, 5.41) is 19.3. The number of hydrogen-bond donors (Lipinski definition) is 3. The minimum absolute atomic E-state index is 0.0804. The van der Waals surface area contributed by atoms with Crippen LogP contribution in [0.25, 0.3) is 0 Å². The van der Waals surface area contributed by atoms with E-state index in [0.717, 1.165) is 17.4 Å². The largest absolute Gasteiger partial charge is 0.477 e. The Labute approximate surface area is 127 Å². The van der Waals surface area contributed by atoms with Gasteiger partial charge < -0.3 is 15.8 Å². The Morgan fingerprint density at radius 3 is 2.62 bits per heavy atom. The number of carboxylic acids is 1. The van der Waals surface area contributed by atoms with Crippen LogP contribution >= 0.6 is 11.6 Å². The van der Waals surface area contributed by atoms with E-state index in [1.807, 2.05) is 30.3 Å². The van der Waals surface area contributed by atoms with Crippen molar-refractivity contribution in [1.29, 1.82) is 5.41 Å². The summed E-state index contributed by atoms with van der Waals surface area (Å²) in [6, 6.07) is 9.78. The molecular weight excluding hydrogens is 290 g/mol. The van der Waals surface area contributed by atoms with Crippen LogP contribution in [0.1, 0.15) is 12.5 Å². The Morgan fingerprint density at radius 2 is 2.10 bits per heavy atom. The van der Waals surface area contributed by atoms with Crippen molar-refractivity contribution < 1.29 is 9.90 Å². The molecule has 0 amide bonds. The number of nitrogens with one attached hydrogen (secondary N) is 2.